The van der Waals surface area contributed by atoms with E-state index in [9.17, 15) is 5.11 Å². The fraction of sp³-hybridized carbons (Fsp3) is 0.455. The monoisotopic (exact) mass is 335 g/mol. The third-order valence-corrected chi connectivity index (χ3v) is 3.24. The number of phenolic OH excluding ortho intramolecular Hbond substituents is 1. The first-order valence-corrected chi connectivity index (χ1v) is 6.44. The molecule has 0 radical (unpaired) electrons. The first-order valence-electron chi connectivity index (χ1n) is 4.85. The van der Waals surface area contributed by atoms with Gasteiger partial charge in [-0.25, -0.2) is 0 Å². The Bertz CT molecular complexity index is 353. The van der Waals surface area contributed by atoms with Crippen LogP contribution < -0.4 is 5.73 Å². The van der Waals surface area contributed by atoms with E-state index in [4.69, 9.17) is 5.73 Å². The maximum absolute atomic E-state index is 9.86. The summed E-state index contributed by atoms with van der Waals surface area (Å²) in [7, 11) is 0. The van der Waals surface area contributed by atoms with Crippen molar-refractivity contribution in [3.05, 3.63) is 26.6 Å². The van der Waals surface area contributed by atoms with E-state index in [-0.39, 0.29) is 11.8 Å². The van der Waals surface area contributed by atoms with Crippen LogP contribution in [0.25, 0.3) is 0 Å². The predicted octanol–water partition coefficient (Wildman–Crippen LogP) is 3.96. The molecule has 0 spiro atoms. The van der Waals surface area contributed by atoms with Gasteiger partial charge in [-0.3, -0.25) is 0 Å². The minimum Gasteiger partial charge on any atom is -0.506 e. The van der Waals surface area contributed by atoms with E-state index in [1.165, 1.54) is 0 Å². The number of hydrogen-bond donors (Lipinski definition) is 2. The minimum absolute atomic E-state index is 0.126. The maximum atomic E-state index is 9.86. The molecule has 0 amide bonds. The fourth-order valence-electron chi connectivity index (χ4n) is 1.50. The van der Waals surface area contributed by atoms with Crippen LogP contribution >= 0.6 is 31.9 Å². The molecule has 2 nitrogen and oxygen atoms in total. The Morgan fingerprint density at radius 1 is 1.33 bits per heavy atom. The second-order valence-corrected chi connectivity index (χ2v) is 5.83. The number of aromatic hydroxyl groups is 1. The van der Waals surface area contributed by atoms with Crippen LogP contribution in [0.1, 0.15) is 31.9 Å². The summed E-state index contributed by atoms with van der Waals surface area (Å²) in [5.74, 6) is 0.753. The van der Waals surface area contributed by atoms with Crippen molar-refractivity contribution in [1.29, 1.82) is 0 Å². The molecule has 0 unspecified atom stereocenters. The van der Waals surface area contributed by atoms with Crippen molar-refractivity contribution in [3.8, 4) is 5.75 Å². The summed E-state index contributed by atoms with van der Waals surface area (Å²) in [5, 5.41) is 9.86. The van der Waals surface area contributed by atoms with E-state index in [1.54, 1.807) is 6.07 Å². The fourth-order valence-corrected chi connectivity index (χ4v) is 2.76. The Hall–Kier alpha value is -0.0600. The highest BCUT2D eigenvalue weighted by molar-refractivity contribution is 9.11. The van der Waals surface area contributed by atoms with Gasteiger partial charge < -0.3 is 10.8 Å². The van der Waals surface area contributed by atoms with Crippen molar-refractivity contribution < 1.29 is 5.11 Å². The summed E-state index contributed by atoms with van der Waals surface area (Å²) in [6, 6.07) is 3.55. The van der Waals surface area contributed by atoms with Crippen LogP contribution in [-0.2, 0) is 0 Å². The molecular formula is C11H15Br2NO. The zero-order chi connectivity index (χ0) is 11.6. The van der Waals surface area contributed by atoms with Crippen molar-refractivity contribution in [2.45, 2.75) is 26.3 Å². The van der Waals surface area contributed by atoms with Gasteiger partial charge in [-0.2, -0.15) is 0 Å². The molecule has 1 atom stereocenters. The molecule has 0 saturated heterocycles. The number of nitrogens with two attached hydrogens (primary N) is 1. The van der Waals surface area contributed by atoms with Crippen LogP contribution in [0.3, 0.4) is 0 Å². The van der Waals surface area contributed by atoms with Crippen molar-refractivity contribution in [2.75, 3.05) is 0 Å². The molecule has 4 heteroatoms. The second kappa shape index (κ2) is 5.32. The van der Waals surface area contributed by atoms with Gasteiger partial charge in [-0.05, 0) is 40.4 Å². The lowest BCUT2D eigenvalue weighted by atomic mass is 9.97. The Morgan fingerprint density at radius 3 is 2.47 bits per heavy atom. The number of hydrogen-bond acceptors (Lipinski definition) is 2. The molecule has 0 fully saturated rings. The Balaban J connectivity index is 3.02. The van der Waals surface area contributed by atoms with E-state index in [2.05, 4.69) is 45.7 Å². The van der Waals surface area contributed by atoms with Gasteiger partial charge in [0, 0.05) is 16.1 Å². The summed E-state index contributed by atoms with van der Waals surface area (Å²) in [5.41, 5.74) is 6.82. The molecule has 0 aliphatic carbocycles. The predicted molar refractivity (Wildman–Crippen MR) is 69.9 cm³/mol. The van der Waals surface area contributed by atoms with Crippen LogP contribution in [-0.4, -0.2) is 5.11 Å². The molecule has 0 aromatic heterocycles. The van der Waals surface area contributed by atoms with E-state index in [0.29, 0.717) is 10.4 Å². The first kappa shape index (κ1) is 13.0. The van der Waals surface area contributed by atoms with Gasteiger partial charge in [0.25, 0.3) is 0 Å². The van der Waals surface area contributed by atoms with Crippen molar-refractivity contribution in [3.63, 3.8) is 0 Å². The molecule has 1 aromatic carbocycles. The first-order chi connectivity index (χ1) is 6.91. The highest BCUT2D eigenvalue weighted by Crippen LogP contribution is 2.36. The van der Waals surface area contributed by atoms with Gasteiger partial charge in [0.05, 0.1) is 4.47 Å². The van der Waals surface area contributed by atoms with E-state index >= 15 is 0 Å². The van der Waals surface area contributed by atoms with E-state index in [0.717, 1.165) is 16.5 Å². The van der Waals surface area contributed by atoms with Crippen LogP contribution in [0.2, 0.25) is 0 Å². The number of halogens is 2. The maximum Gasteiger partial charge on any atom is 0.134 e. The van der Waals surface area contributed by atoms with E-state index in [1.807, 2.05) is 6.07 Å². The van der Waals surface area contributed by atoms with Crippen LogP contribution in [0.15, 0.2) is 21.1 Å². The van der Waals surface area contributed by atoms with Crippen LogP contribution in [0.4, 0.5) is 0 Å². The molecule has 0 aliphatic rings. The van der Waals surface area contributed by atoms with Gasteiger partial charge in [-0.1, -0.05) is 29.8 Å². The lowest BCUT2D eigenvalue weighted by Gasteiger charge is -2.17. The van der Waals surface area contributed by atoms with Gasteiger partial charge in [0.1, 0.15) is 5.75 Å². The number of rotatable bonds is 3. The molecule has 0 saturated carbocycles. The largest absolute Gasteiger partial charge is 0.506 e. The van der Waals surface area contributed by atoms with Crippen LogP contribution in [0.5, 0.6) is 5.75 Å². The summed E-state index contributed by atoms with van der Waals surface area (Å²) in [6.45, 7) is 4.23. The normalized spacial score (nSPS) is 13.2. The third kappa shape index (κ3) is 3.47. The smallest absolute Gasteiger partial charge is 0.134 e. The molecule has 0 aliphatic heterocycles. The average molecular weight is 337 g/mol. The average Bonchev–Trinajstić information content (AvgIpc) is 2.09. The Kier molecular flexibility index (Phi) is 4.62. The molecule has 3 N–H and O–H groups in total. The van der Waals surface area contributed by atoms with E-state index < -0.39 is 0 Å². The number of phenols is 1. The zero-order valence-electron chi connectivity index (χ0n) is 8.80. The summed E-state index contributed by atoms with van der Waals surface area (Å²) >= 11 is 6.68. The highest BCUT2D eigenvalue weighted by atomic mass is 79.9. The zero-order valence-corrected chi connectivity index (χ0v) is 12.0. The third-order valence-electron chi connectivity index (χ3n) is 2.18. The molecule has 0 heterocycles. The summed E-state index contributed by atoms with van der Waals surface area (Å²) < 4.78 is 1.59. The van der Waals surface area contributed by atoms with Gasteiger partial charge >= 0.3 is 0 Å². The van der Waals surface area contributed by atoms with Gasteiger partial charge in [0.2, 0.25) is 0 Å². The van der Waals surface area contributed by atoms with Crippen molar-refractivity contribution in [1.82, 2.24) is 0 Å². The van der Waals surface area contributed by atoms with Gasteiger partial charge in [-0.15, -0.1) is 0 Å². The molecule has 15 heavy (non-hydrogen) atoms. The van der Waals surface area contributed by atoms with Crippen molar-refractivity contribution in [2.24, 2.45) is 11.7 Å². The lowest BCUT2D eigenvalue weighted by molar-refractivity contribution is 0.442. The second-order valence-electron chi connectivity index (χ2n) is 4.06. The lowest BCUT2D eigenvalue weighted by Crippen LogP contribution is -2.13. The quantitative estimate of drug-likeness (QED) is 0.877. The Labute approximate surface area is 107 Å². The standard InChI is InChI=1S/C11H15Br2NO/c1-6(2)3-10(14)8-4-7(12)5-9(13)11(8)15/h4-6,10,15H,3,14H2,1-2H3/t10-/m0/s1. The highest BCUT2D eigenvalue weighted by Gasteiger charge is 2.15. The molecule has 1 aromatic rings. The number of benzene rings is 1. The summed E-state index contributed by atoms with van der Waals surface area (Å²) in [4.78, 5) is 0. The Morgan fingerprint density at radius 2 is 1.93 bits per heavy atom. The van der Waals surface area contributed by atoms with Crippen LogP contribution in [0, 0.1) is 5.92 Å². The minimum atomic E-state index is -0.126. The summed E-state index contributed by atoms with van der Waals surface area (Å²) in [6.07, 6.45) is 0.858. The van der Waals surface area contributed by atoms with Gasteiger partial charge in [0.15, 0.2) is 0 Å². The molecule has 1 rings (SSSR count). The molecular weight excluding hydrogens is 322 g/mol. The topological polar surface area (TPSA) is 46.2 Å². The van der Waals surface area contributed by atoms with Crippen molar-refractivity contribution >= 4 is 31.9 Å². The SMILES string of the molecule is CC(C)C[C@H](N)c1cc(Br)cc(Br)c1O. The molecule has 84 valence electrons. The molecule has 0 bridgehead atoms.